The average Bonchev–Trinajstić information content (AvgIpc) is 2.95. The van der Waals surface area contributed by atoms with E-state index in [2.05, 4.69) is 24.5 Å². The van der Waals surface area contributed by atoms with Crippen molar-refractivity contribution in [2.75, 3.05) is 5.73 Å². The molecule has 3 N–H and O–H groups in total. The van der Waals surface area contributed by atoms with Crippen LogP contribution in [0.1, 0.15) is 12.7 Å². The van der Waals surface area contributed by atoms with Gasteiger partial charge in [0.15, 0.2) is 11.6 Å². The van der Waals surface area contributed by atoms with Gasteiger partial charge < -0.3 is 10.3 Å². The minimum Gasteiger partial charge on any atom is -0.381 e. The first-order valence-corrected chi connectivity index (χ1v) is 6.59. The lowest BCUT2D eigenvalue weighted by atomic mass is 10.6. The first kappa shape index (κ1) is 12.5. The minimum atomic E-state index is -3.74. The van der Waals surface area contributed by atoms with Crippen LogP contribution in [-0.4, -0.2) is 28.3 Å². The van der Waals surface area contributed by atoms with Crippen molar-refractivity contribution in [2.24, 2.45) is 0 Å². The Morgan fingerprint density at radius 3 is 2.89 bits per heavy atom. The minimum absolute atomic E-state index is 0.0440. The van der Waals surface area contributed by atoms with Crippen molar-refractivity contribution in [1.29, 1.82) is 0 Å². The zero-order valence-corrected chi connectivity index (χ0v) is 10.4. The lowest BCUT2D eigenvalue weighted by molar-refractivity contribution is 0.409. The van der Waals surface area contributed by atoms with Crippen LogP contribution < -0.4 is 10.5 Å². The second-order valence-electron chi connectivity index (χ2n) is 3.41. The second kappa shape index (κ2) is 4.74. The zero-order valence-electron chi connectivity index (χ0n) is 9.57. The van der Waals surface area contributed by atoms with Gasteiger partial charge in [-0.25, -0.2) is 13.1 Å². The summed E-state index contributed by atoms with van der Waals surface area (Å²) in [7, 11) is -3.74. The predicted octanol–water partition coefficient (Wildman–Crippen LogP) is -0.653. The molecule has 0 aliphatic heterocycles. The molecule has 2 aromatic rings. The first-order chi connectivity index (χ1) is 8.53. The van der Waals surface area contributed by atoms with Crippen molar-refractivity contribution in [2.45, 2.75) is 24.9 Å². The van der Waals surface area contributed by atoms with Gasteiger partial charge in [-0.1, -0.05) is 5.16 Å². The molecule has 0 atom stereocenters. The van der Waals surface area contributed by atoms with Gasteiger partial charge in [-0.15, -0.1) is 0 Å². The highest BCUT2D eigenvalue weighted by atomic mass is 32.2. The molecule has 0 bridgehead atoms. The van der Waals surface area contributed by atoms with Crippen LogP contribution in [-0.2, 0) is 23.1 Å². The summed E-state index contributed by atoms with van der Waals surface area (Å²) in [5, 5.41) is 7.36. The number of nitrogens with two attached hydrogens (primary N) is 1. The van der Waals surface area contributed by atoms with E-state index in [4.69, 9.17) is 5.73 Å². The van der Waals surface area contributed by atoms with Crippen molar-refractivity contribution in [3.63, 3.8) is 0 Å². The van der Waals surface area contributed by atoms with E-state index >= 15 is 0 Å². The molecule has 9 nitrogen and oxygen atoms in total. The predicted molar refractivity (Wildman–Crippen MR) is 60.6 cm³/mol. The van der Waals surface area contributed by atoms with E-state index in [0.29, 0.717) is 6.54 Å². The van der Waals surface area contributed by atoms with Crippen molar-refractivity contribution < 1.29 is 12.9 Å². The molecule has 2 rings (SSSR count). The van der Waals surface area contributed by atoms with Crippen LogP contribution in [0, 0.1) is 0 Å². The summed E-state index contributed by atoms with van der Waals surface area (Å²) in [5.74, 6) is 0.192. The normalized spacial score (nSPS) is 11.8. The van der Waals surface area contributed by atoms with Crippen molar-refractivity contribution >= 4 is 15.8 Å². The van der Waals surface area contributed by atoms with Gasteiger partial charge in [0.05, 0.1) is 6.54 Å². The Hall–Kier alpha value is -1.94. The highest BCUT2D eigenvalue weighted by Gasteiger charge is 2.21. The summed E-state index contributed by atoms with van der Waals surface area (Å²) in [5.41, 5.74) is 5.55. The third kappa shape index (κ3) is 2.49. The number of nitrogens with zero attached hydrogens (tertiary/aromatic N) is 4. The van der Waals surface area contributed by atoms with Gasteiger partial charge in [-0.3, -0.25) is 4.68 Å². The number of sulfonamides is 1. The molecule has 0 aliphatic rings. The third-order valence-electron chi connectivity index (χ3n) is 2.20. The number of rotatable bonds is 5. The summed E-state index contributed by atoms with van der Waals surface area (Å²) in [4.78, 5) is 3.64. The molecule has 0 unspecified atom stereocenters. The molecule has 0 aromatic carbocycles. The number of nitrogen functional groups attached to an aromatic ring is 1. The van der Waals surface area contributed by atoms with E-state index < -0.39 is 10.0 Å². The van der Waals surface area contributed by atoms with Crippen LogP contribution in [0.2, 0.25) is 0 Å². The molecule has 0 aliphatic carbocycles. The largest absolute Gasteiger partial charge is 0.381 e. The van der Waals surface area contributed by atoms with Crippen LogP contribution in [0.3, 0.4) is 0 Å². The molecule has 18 heavy (non-hydrogen) atoms. The molecular formula is C8H12N6O3S. The molecule has 0 saturated carbocycles. The van der Waals surface area contributed by atoms with Crippen LogP contribution in [0.4, 0.5) is 5.82 Å². The van der Waals surface area contributed by atoms with E-state index in [-0.39, 0.29) is 23.1 Å². The van der Waals surface area contributed by atoms with Crippen molar-refractivity contribution in [3.05, 3.63) is 18.4 Å². The first-order valence-electron chi connectivity index (χ1n) is 5.10. The molecule has 2 heterocycles. The Morgan fingerprint density at radius 1 is 1.56 bits per heavy atom. The molecule has 0 fully saturated rings. The number of hydrogen-bond donors (Lipinski definition) is 2. The Labute approximate surface area is 103 Å². The zero-order chi connectivity index (χ0) is 13.2. The van der Waals surface area contributed by atoms with Crippen LogP contribution in [0.25, 0.3) is 0 Å². The van der Waals surface area contributed by atoms with Gasteiger partial charge in [-0.05, 0) is 6.92 Å². The molecule has 0 amide bonds. The highest BCUT2D eigenvalue weighted by Crippen LogP contribution is 2.15. The molecule has 2 aromatic heterocycles. The Balaban J connectivity index is 2.17. The standard InChI is InChI=1S/C8H12N6O3S/c1-2-14-4-6(8(9)12-14)18(15,16)11-3-7-10-5-17-13-7/h4-5,11H,2-3H2,1H3,(H2,9,12). The number of nitrogens with one attached hydrogen (secondary N) is 1. The highest BCUT2D eigenvalue weighted by molar-refractivity contribution is 7.89. The second-order valence-corrected chi connectivity index (χ2v) is 5.14. The molecule has 98 valence electrons. The third-order valence-corrected chi connectivity index (χ3v) is 3.61. The number of hydrogen-bond acceptors (Lipinski definition) is 7. The Bertz CT molecular complexity index is 617. The van der Waals surface area contributed by atoms with E-state index in [9.17, 15) is 8.42 Å². The van der Waals surface area contributed by atoms with Crippen LogP contribution in [0.5, 0.6) is 0 Å². The van der Waals surface area contributed by atoms with E-state index in [1.54, 1.807) is 0 Å². The van der Waals surface area contributed by atoms with Gasteiger partial charge in [0.25, 0.3) is 0 Å². The van der Waals surface area contributed by atoms with E-state index in [1.165, 1.54) is 10.9 Å². The maximum atomic E-state index is 11.9. The van der Waals surface area contributed by atoms with Crippen molar-refractivity contribution in [3.8, 4) is 0 Å². The van der Waals surface area contributed by atoms with Crippen molar-refractivity contribution in [1.82, 2.24) is 24.6 Å². The average molecular weight is 272 g/mol. The fourth-order valence-electron chi connectivity index (χ4n) is 1.29. The molecule has 0 saturated heterocycles. The summed E-state index contributed by atoms with van der Waals surface area (Å²) < 4.78 is 32.1. The fraction of sp³-hybridized carbons (Fsp3) is 0.375. The topological polar surface area (TPSA) is 129 Å². The number of aryl methyl sites for hydroxylation is 1. The summed E-state index contributed by atoms with van der Waals surface area (Å²) in [6.45, 7) is 2.29. The van der Waals surface area contributed by atoms with Gasteiger partial charge in [0.2, 0.25) is 16.4 Å². The van der Waals surface area contributed by atoms with Gasteiger partial charge >= 0.3 is 0 Å². The number of aromatic nitrogens is 4. The van der Waals surface area contributed by atoms with Gasteiger partial charge in [0, 0.05) is 12.7 Å². The Kier molecular flexibility index (Phi) is 3.30. The number of anilines is 1. The maximum absolute atomic E-state index is 11.9. The van der Waals surface area contributed by atoms with Gasteiger partial charge in [0.1, 0.15) is 4.90 Å². The molecular weight excluding hydrogens is 260 g/mol. The van der Waals surface area contributed by atoms with Crippen LogP contribution >= 0.6 is 0 Å². The summed E-state index contributed by atoms with van der Waals surface area (Å²) in [6.07, 6.45) is 2.49. The van der Waals surface area contributed by atoms with Crippen LogP contribution in [0.15, 0.2) is 22.0 Å². The molecule has 10 heteroatoms. The monoisotopic (exact) mass is 272 g/mol. The van der Waals surface area contributed by atoms with E-state index in [1.807, 2.05) is 6.92 Å². The maximum Gasteiger partial charge on any atom is 0.246 e. The van der Waals surface area contributed by atoms with Gasteiger partial charge in [-0.2, -0.15) is 10.1 Å². The molecule has 0 spiro atoms. The smallest absolute Gasteiger partial charge is 0.246 e. The fourth-order valence-corrected chi connectivity index (χ4v) is 2.35. The summed E-state index contributed by atoms with van der Waals surface area (Å²) >= 11 is 0. The SMILES string of the molecule is CCn1cc(S(=O)(=O)NCc2ncon2)c(N)n1. The summed E-state index contributed by atoms with van der Waals surface area (Å²) in [6, 6.07) is 0. The van der Waals surface area contributed by atoms with E-state index in [0.717, 1.165) is 6.39 Å². The lowest BCUT2D eigenvalue weighted by Crippen LogP contribution is -2.24. The Morgan fingerprint density at radius 2 is 2.33 bits per heavy atom. The lowest BCUT2D eigenvalue weighted by Gasteiger charge is -2.02. The quantitative estimate of drug-likeness (QED) is 0.739. The molecule has 0 radical (unpaired) electrons.